The van der Waals surface area contributed by atoms with Gasteiger partial charge in [-0.1, -0.05) is 0 Å². The molecule has 1 saturated heterocycles. The summed E-state index contributed by atoms with van der Waals surface area (Å²) in [6.45, 7) is 13.0. The molecule has 1 rings (SSSR count). The molecule has 1 amide bonds. The average Bonchev–Trinajstić information content (AvgIpc) is 2.34. The Bertz CT molecular complexity index is 338. The minimum Gasteiger partial charge on any atom is -0.444 e. The normalized spacial score (nSPS) is 23.6. The van der Waals surface area contributed by atoms with E-state index in [1.54, 1.807) is 18.7 Å². The molecule has 0 spiro atoms. The second-order valence-electron chi connectivity index (χ2n) is 7.28. The fraction of sp³-hybridized carbons (Fsp3) is 0.929. The Morgan fingerprint density at radius 1 is 1.37 bits per heavy atom. The van der Waals surface area contributed by atoms with Gasteiger partial charge in [-0.25, -0.2) is 4.79 Å². The molecule has 0 saturated carbocycles. The first-order valence-corrected chi connectivity index (χ1v) is 6.70. The summed E-state index contributed by atoms with van der Waals surface area (Å²) < 4.78 is 11.1. The van der Waals surface area contributed by atoms with Crippen LogP contribution in [0.2, 0.25) is 0 Å². The number of hydrogen-bond donors (Lipinski definition) is 1. The van der Waals surface area contributed by atoms with Crippen LogP contribution >= 0.6 is 0 Å². The highest BCUT2D eigenvalue weighted by molar-refractivity contribution is 5.69. The Kier molecular flexibility index (Phi) is 4.23. The number of ether oxygens (including phenoxy) is 2. The highest BCUT2D eigenvalue weighted by Crippen LogP contribution is 2.32. The van der Waals surface area contributed by atoms with Crippen LogP contribution in [0.4, 0.5) is 4.79 Å². The fourth-order valence-corrected chi connectivity index (χ4v) is 2.29. The predicted molar refractivity (Wildman–Crippen MR) is 72.8 cm³/mol. The zero-order valence-electron chi connectivity index (χ0n) is 13.1. The summed E-state index contributed by atoms with van der Waals surface area (Å²) >= 11 is 0. The Hall–Kier alpha value is -0.810. The van der Waals surface area contributed by atoms with E-state index in [0.717, 1.165) is 0 Å². The molecule has 5 nitrogen and oxygen atoms in total. The van der Waals surface area contributed by atoms with Crippen LogP contribution < -0.4 is 0 Å². The zero-order chi connectivity index (χ0) is 15.1. The van der Waals surface area contributed by atoms with E-state index in [0.29, 0.717) is 13.0 Å². The van der Waals surface area contributed by atoms with Crippen LogP contribution in [0.25, 0.3) is 0 Å². The monoisotopic (exact) mass is 273 g/mol. The first-order chi connectivity index (χ1) is 8.32. The van der Waals surface area contributed by atoms with Crippen LogP contribution in [-0.2, 0) is 9.47 Å². The van der Waals surface area contributed by atoms with Crippen LogP contribution in [0, 0.1) is 0 Å². The lowest BCUT2D eigenvalue weighted by molar-refractivity contribution is -0.0651. The van der Waals surface area contributed by atoms with Gasteiger partial charge in [0.15, 0.2) is 0 Å². The van der Waals surface area contributed by atoms with Gasteiger partial charge in [0.25, 0.3) is 0 Å². The molecule has 1 aliphatic rings. The van der Waals surface area contributed by atoms with Crippen molar-refractivity contribution in [2.45, 2.75) is 77.9 Å². The van der Waals surface area contributed by atoms with E-state index in [1.807, 2.05) is 34.6 Å². The SMILES string of the molecule is CC(C)(O)CC1COC(C)(C)N1C(=O)OC(C)(C)C. The number of aliphatic hydroxyl groups is 1. The minimum absolute atomic E-state index is 0.176. The predicted octanol–water partition coefficient (Wildman–Crippen LogP) is 2.52. The van der Waals surface area contributed by atoms with Crippen molar-refractivity contribution < 1.29 is 19.4 Å². The fourth-order valence-electron chi connectivity index (χ4n) is 2.29. The van der Waals surface area contributed by atoms with Gasteiger partial charge in [-0.2, -0.15) is 0 Å². The molecule has 1 atom stereocenters. The summed E-state index contributed by atoms with van der Waals surface area (Å²) in [6, 6.07) is -0.176. The van der Waals surface area contributed by atoms with Crippen LogP contribution in [0.5, 0.6) is 0 Å². The molecule has 112 valence electrons. The van der Waals surface area contributed by atoms with Crippen LogP contribution in [0.15, 0.2) is 0 Å². The van der Waals surface area contributed by atoms with Crippen molar-refractivity contribution in [1.82, 2.24) is 4.90 Å². The Morgan fingerprint density at radius 2 is 1.89 bits per heavy atom. The molecule has 1 aliphatic heterocycles. The minimum atomic E-state index is -0.852. The molecule has 1 unspecified atom stereocenters. The molecule has 1 N–H and O–H groups in total. The van der Waals surface area contributed by atoms with Crippen LogP contribution in [0.3, 0.4) is 0 Å². The van der Waals surface area contributed by atoms with Gasteiger partial charge >= 0.3 is 6.09 Å². The Morgan fingerprint density at radius 3 is 2.32 bits per heavy atom. The van der Waals surface area contributed by atoms with Crippen molar-refractivity contribution in [3.05, 3.63) is 0 Å². The van der Waals surface area contributed by atoms with Gasteiger partial charge in [0.2, 0.25) is 0 Å². The van der Waals surface area contributed by atoms with Crippen molar-refractivity contribution in [2.24, 2.45) is 0 Å². The van der Waals surface area contributed by atoms with Gasteiger partial charge in [0.05, 0.1) is 18.2 Å². The topological polar surface area (TPSA) is 59.0 Å². The largest absolute Gasteiger partial charge is 0.444 e. The van der Waals surface area contributed by atoms with Crippen LogP contribution in [0.1, 0.15) is 54.9 Å². The lowest BCUT2D eigenvalue weighted by Gasteiger charge is -2.36. The van der Waals surface area contributed by atoms with E-state index in [9.17, 15) is 9.90 Å². The van der Waals surface area contributed by atoms with Crippen molar-refractivity contribution in [3.63, 3.8) is 0 Å². The number of hydrogen-bond acceptors (Lipinski definition) is 4. The highest BCUT2D eigenvalue weighted by Gasteiger charge is 2.46. The summed E-state index contributed by atoms with van der Waals surface area (Å²) in [7, 11) is 0. The summed E-state index contributed by atoms with van der Waals surface area (Å²) in [5, 5.41) is 9.95. The Balaban J connectivity index is 2.87. The lowest BCUT2D eigenvalue weighted by atomic mass is 9.98. The van der Waals surface area contributed by atoms with E-state index in [2.05, 4.69) is 0 Å². The Labute approximate surface area is 115 Å². The van der Waals surface area contributed by atoms with E-state index in [4.69, 9.17) is 9.47 Å². The second kappa shape index (κ2) is 4.94. The van der Waals surface area contributed by atoms with Gasteiger partial charge in [-0.3, -0.25) is 4.90 Å². The summed E-state index contributed by atoms with van der Waals surface area (Å²) in [5.41, 5.74) is -2.11. The van der Waals surface area contributed by atoms with Gasteiger partial charge in [-0.05, 0) is 54.9 Å². The maximum atomic E-state index is 12.3. The van der Waals surface area contributed by atoms with E-state index in [-0.39, 0.29) is 6.04 Å². The molecule has 1 fully saturated rings. The van der Waals surface area contributed by atoms with Gasteiger partial charge in [-0.15, -0.1) is 0 Å². The lowest BCUT2D eigenvalue weighted by Crippen LogP contribution is -2.51. The smallest absolute Gasteiger partial charge is 0.412 e. The molecular formula is C14H27NO4. The van der Waals surface area contributed by atoms with Crippen molar-refractivity contribution in [3.8, 4) is 0 Å². The summed E-state index contributed by atoms with van der Waals surface area (Å²) in [6.07, 6.45) is 0.0552. The van der Waals surface area contributed by atoms with Crippen molar-refractivity contribution >= 4 is 6.09 Å². The maximum Gasteiger partial charge on any atom is 0.412 e. The molecule has 0 bridgehead atoms. The molecule has 0 aromatic carbocycles. The maximum absolute atomic E-state index is 12.3. The first-order valence-electron chi connectivity index (χ1n) is 6.70. The van der Waals surface area contributed by atoms with Crippen molar-refractivity contribution in [1.29, 1.82) is 0 Å². The van der Waals surface area contributed by atoms with E-state index in [1.165, 1.54) is 0 Å². The summed E-state index contributed by atoms with van der Waals surface area (Å²) in [4.78, 5) is 13.9. The molecule has 0 radical (unpaired) electrons. The number of nitrogens with zero attached hydrogens (tertiary/aromatic N) is 1. The van der Waals surface area contributed by atoms with Crippen molar-refractivity contribution in [2.75, 3.05) is 6.61 Å². The second-order valence-corrected chi connectivity index (χ2v) is 7.28. The van der Waals surface area contributed by atoms with E-state index < -0.39 is 23.0 Å². The van der Waals surface area contributed by atoms with Gasteiger partial charge < -0.3 is 14.6 Å². The number of amides is 1. The molecule has 5 heteroatoms. The van der Waals surface area contributed by atoms with Gasteiger partial charge in [0.1, 0.15) is 11.3 Å². The molecular weight excluding hydrogens is 246 g/mol. The average molecular weight is 273 g/mol. The third-order valence-corrected chi connectivity index (χ3v) is 2.90. The molecule has 1 heterocycles. The molecule has 0 aromatic rings. The third-order valence-electron chi connectivity index (χ3n) is 2.90. The zero-order valence-corrected chi connectivity index (χ0v) is 13.1. The van der Waals surface area contributed by atoms with Crippen LogP contribution in [-0.4, -0.2) is 45.7 Å². The first kappa shape index (κ1) is 16.2. The standard InChI is InChI=1S/C14H27NO4/c1-12(2,3)19-11(16)15-10(8-13(4,5)17)9-18-14(15,6)7/h10,17H,8-9H2,1-7H3. The third kappa shape index (κ3) is 4.66. The quantitative estimate of drug-likeness (QED) is 0.840. The summed E-state index contributed by atoms with van der Waals surface area (Å²) in [5.74, 6) is 0. The van der Waals surface area contributed by atoms with Gasteiger partial charge in [0, 0.05) is 0 Å². The number of carbonyl (C=O) groups is 1. The molecule has 0 aromatic heterocycles. The highest BCUT2D eigenvalue weighted by atomic mass is 16.6. The number of carbonyl (C=O) groups excluding carboxylic acids is 1. The number of rotatable bonds is 2. The van der Waals surface area contributed by atoms with E-state index >= 15 is 0 Å². The molecule has 19 heavy (non-hydrogen) atoms. The molecule has 0 aliphatic carbocycles.